The average molecular weight is 255 g/mol. The number of rotatable bonds is 1. The highest BCUT2D eigenvalue weighted by Gasteiger charge is 2.57. The maximum Gasteiger partial charge on any atom is 0.410 e. The van der Waals surface area contributed by atoms with Gasteiger partial charge in [0.15, 0.2) is 0 Å². The summed E-state index contributed by atoms with van der Waals surface area (Å²) in [7, 11) is 0. The predicted molar refractivity (Wildman–Crippen MR) is 69.3 cm³/mol. The van der Waals surface area contributed by atoms with Crippen LogP contribution in [0.15, 0.2) is 0 Å². The minimum atomic E-state index is -0.586. The smallest absolute Gasteiger partial charge is 0.410 e. The summed E-state index contributed by atoms with van der Waals surface area (Å²) in [4.78, 5) is 13.6. The fraction of sp³-hybridized carbons (Fsp3) is 0.929. The first-order valence-electron chi connectivity index (χ1n) is 6.71. The van der Waals surface area contributed by atoms with Gasteiger partial charge in [-0.3, -0.25) is 0 Å². The van der Waals surface area contributed by atoms with Crippen molar-refractivity contribution in [1.82, 2.24) is 4.90 Å². The molecule has 104 valence electrons. The third kappa shape index (κ3) is 2.63. The van der Waals surface area contributed by atoms with E-state index in [0.29, 0.717) is 5.92 Å². The molecule has 0 bridgehead atoms. The van der Waals surface area contributed by atoms with Crippen LogP contribution >= 0.6 is 0 Å². The predicted octanol–water partition coefficient (Wildman–Crippen LogP) is 2.40. The summed E-state index contributed by atoms with van der Waals surface area (Å²) in [5.74, 6) is 0.373. The maximum absolute atomic E-state index is 11.8. The first-order chi connectivity index (χ1) is 8.01. The zero-order valence-corrected chi connectivity index (χ0v) is 12.1. The number of carbonyl (C=O) groups excluding carboxylic acids is 1. The first kappa shape index (κ1) is 13.7. The van der Waals surface area contributed by atoms with Gasteiger partial charge in [-0.15, -0.1) is 0 Å². The van der Waals surface area contributed by atoms with E-state index in [1.807, 2.05) is 34.6 Å². The highest BCUT2D eigenvalue weighted by atomic mass is 16.6. The van der Waals surface area contributed by atoms with Crippen LogP contribution in [0.5, 0.6) is 0 Å². The summed E-state index contributed by atoms with van der Waals surface area (Å²) in [5, 5.41) is 9.91. The Morgan fingerprint density at radius 2 is 1.72 bits per heavy atom. The molecule has 1 saturated heterocycles. The van der Waals surface area contributed by atoms with Crippen molar-refractivity contribution >= 4 is 6.09 Å². The van der Waals surface area contributed by atoms with Crippen LogP contribution in [-0.2, 0) is 4.74 Å². The molecule has 1 aliphatic carbocycles. The third-order valence-corrected chi connectivity index (χ3v) is 4.06. The number of ether oxygens (including phenoxy) is 1. The molecule has 1 spiro atoms. The van der Waals surface area contributed by atoms with Crippen LogP contribution in [-0.4, -0.2) is 40.4 Å². The van der Waals surface area contributed by atoms with E-state index >= 15 is 0 Å². The van der Waals surface area contributed by atoms with Crippen molar-refractivity contribution in [2.75, 3.05) is 13.1 Å². The fourth-order valence-electron chi connectivity index (χ4n) is 2.96. The van der Waals surface area contributed by atoms with Crippen LogP contribution in [0, 0.1) is 11.3 Å². The monoisotopic (exact) mass is 255 g/mol. The van der Waals surface area contributed by atoms with Gasteiger partial charge in [0.05, 0.1) is 5.60 Å². The molecule has 1 saturated carbocycles. The Balaban J connectivity index is 1.77. The maximum atomic E-state index is 11.8. The third-order valence-electron chi connectivity index (χ3n) is 4.06. The highest BCUT2D eigenvalue weighted by Crippen LogP contribution is 2.55. The summed E-state index contributed by atoms with van der Waals surface area (Å²) in [6, 6.07) is 0. The molecule has 0 radical (unpaired) electrons. The van der Waals surface area contributed by atoms with Crippen LogP contribution in [0.4, 0.5) is 4.79 Å². The van der Waals surface area contributed by atoms with Crippen molar-refractivity contribution in [3.8, 4) is 0 Å². The second-order valence-electron chi connectivity index (χ2n) is 7.60. The van der Waals surface area contributed by atoms with E-state index in [1.165, 1.54) is 0 Å². The quantitative estimate of drug-likeness (QED) is 0.782. The Morgan fingerprint density at radius 3 is 2.11 bits per heavy atom. The van der Waals surface area contributed by atoms with E-state index in [1.54, 1.807) is 4.90 Å². The Bertz CT molecular complexity index is 337. The van der Waals surface area contributed by atoms with Gasteiger partial charge in [0.2, 0.25) is 0 Å². The lowest BCUT2D eigenvalue weighted by atomic mass is 9.54. The van der Waals surface area contributed by atoms with Crippen molar-refractivity contribution in [3.63, 3.8) is 0 Å². The number of hydrogen-bond acceptors (Lipinski definition) is 3. The summed E-state index contributed by atoms with van der Waals surface area (Å²) in [6.45, 7) is 11.0. The van der Waals surface area contributed by atoms with Gasteiger partial charge in [0.1, 0.15) is 5.60 Å². The van der Waals surface area contributed by atoms with E-state index in [4.69, 9.17) is 4.74 Å². The second-order valence-corrected chi connectivity index (χ2v) is 7.60. The molecule has 4 heteroatoms. The largest absolute Gasteiger partial charge is 0.444 e. The standard InChI is InChI=1S/C14H25NO3/c1-12(2,3)18-11(16)15-8-14(9-15)6-10(7-14)13(4,5)17/h10,17H,6-9H2,1-5H3. The van der Waals surface area contributed by atoms with E-state index in [0.717, 1.165) is 25.9 Å². The van der Waals surface area contributed by atoms with E-state index in [9.17, 15) is 9.90 Å². The molecule has 2 fully saturated rings. The molecule has 2 aliphatic rings. The van der Waals surface area contributed by atoms with Gasteiger partial charge in [-0.05, 0) is 53.4 Å². The molecule has 4 nitrogen and oxygen atoms in total. The van der Waals surface area contributed by atoms with Gasteiger partial charge in [-0.25, -0.2) is 4.79 Å². The van der Waals surface area contributed by atoms with Crippen LogP contribution in [0.1, 0.15) is 47.5 Å². The zero-order valence-electron chi connectivity index (χ0n) is 12.1. The Morgan fingerprint density at radius 1 is 1.22 bits per heavy atom. The number of likely N-dealkylation sites (tertiary alicyclic amines) is 1. The fourth-order valence-corrected chi connectivity index (χ4v) is 2.96. The lowest BCUT2D eigenvalue weighted by Crippen LogP contribution is -2.66. The van der Waals surface area contributed by atoms with Gasteiger partial charge in [-0.1, -0.05) is 0 Å². The molecular weight excluding hydrogens is 230 g/mol. The second kappa shape index (κ2) is 3.86. The molecular formula is C14H25NO3. The van der Waals surface area contributed by atoms with Crippen molar-refractivity contribution < 1.29 is 14.6 Å². The molecule has 0 aromatic rings. The minimum Gasteiger partial charge on any atom is -0.444 e. The molecule has 0 aromatic carbocycles. The van der Waals surface area contributed by atoms with Crippen LogP contribution < -0.4 is 0 Å². The summed E-state index contributed by atoms with van der Waals surface area (Å²) < 4.78 is 5.34. The van der Waals surface area contributed by atoms with E-state index in [-0.39, 0.29) is 11.5 Å². The zero-order chi connectivity index (χ0) is 13.8. The molecule has 0 atom stereocenters. The van der Waals surface area contributed by atoms with Crippen molar-refractivity contribution in [2.24, 2.45) is 11.3 Å². The lowest BCUT2D eigenvalue weighted by Gasteiger charge is -2.60. The molecule has 1 heterocycles. The first-order valence-corrected chi connectivity index (χ1v) is 6.71. The van der Waals surface area contributed by atoms with Crippen LogP contribution in [0.3, 0.4) is 0 Å². The van der Waals surface area contributed by atoms with Gasteiger partial charge < -0.3 is 14.7 Å². The lowest BCUT2D eigenvalue weighted by molar-refractivity contribution is -0.146. The topological polar surface area (TPSA) is 49.8 Å². The Labute approximate surface area is 109 Å². The van der Waals surface area contributed by atoms with Crippen molar-refractivity contribution in [2.45, 2.75) is 58.7 Å². The van der Waals surface area contributed by atoms with E-state index < -0.39 is 11.2 Å². The summed E-state index contributed by atoms with van der Waals surface area (Å²) >= 11 is 0. The molecule has 1 aliphatic heterocycles. The Hall–Kier alpha value is -0.770. The average Bonchev–Trinajstić information content (AvgIpc) is 1.90. The van der Waals surface area contributed by atoms with Gasteiger partial charge >= 0.3 is 6.09 Å². The number of amides is 1. The van der Waals surface area contributed by atoms with Crippen LogP contribution in [0.25, 0.3) is 0 Å². The normalized spacial score (nSPS) is 23.6. The number of hydrogen-bond donors (Lipinski definition) is 1. The highest BCUT2D eigenvalue weighted by molar-refractivity contribution is 5.69. The van der Waals surface area contributed by atoms with Crippen molar-refractivity contribution in [1.29, 1.82) is 0 Å². The van der Waals surface area contributed by atoms with Crippen molar-refractivity contribution in [3.05, 3.63) is 0 Å². The molecule has 1 amide bonds. The molecule has 0 aromatic heterocycles. The minimum absolute atomic E-state index is 0.208. The summed E-state index contributed by atoms with van der Waals surface area (Å²) in [6.07, 6.45) is 1.84. The van der Waals surface area contributed by atoms with E-state index in [2.05, 4.69) is 0 Å². The number of carbonyl (C=O) groups is 1. The van der Waals surface area contributed by atoms with Gasteiger partial charge in [0, 0.05) is 18.5 Å². The number of nitrogens with zero attached hydrogens (tertiary/aromatic N) is 1. The van der Waals surface area contributed by atoms with Gasteiger partial charge in [-0.2, -0.15) is 0 Å². The SMILES string of the molecule is CC(C)(C)OC(=O)N1CC2(CC(C(C)(C)O)C2)C1. The molecule has 2 rings (SSSR count). The molecule has 1 N–H and O–H groups in total. The summed E-state index contributed by atoms with van der Waals surface area (Å²) in [5.41, 5.74) is -0.742. The van der Waals surface area contributed by atoms with Gasteiger partial charge in [0.25, 0.3) is 0 Å². The molecule has 18 heavy (non-hydrogen) atoms. The Kier molecular flexibility index (Phi) is 2.93. The number of aliphatic hydroxyl groups is 1. The van der Waals surface area contributed by atoms with Crippen LogP contribution in [0.2, 0.25) is 0 Å². The molecule has 0 unspecified atom stereocenters.